The van der Waals surface area contributed by atoms with E-state index in [4.69, 9.17) is 9.47 Å². The minimum atomic E-state index is -3.74. The normalized spacial score (nSPS) is 13.7. The van der Waals surface area contributed by atoms with Gasteiger partial charge in [-0.05, 0) is 18.2 Å². The van der Waals surface area contributed by atoms with E-state index in [1.807, 2.05) is 0 Å². The number of hydrogen-bond donors (Lipinski definition) is 1. The second-order valence-corrected chi connectivity index (χ2v) is 5.53. The number of carbonyl (C=O) groups is 2. The number of esters is 1. The third-order valence-corrected chi connectivity index (χ3v) is 3.58. The van der Waals surface area contributed by atoms with Crippen molar-refractivity contribution in [2.24, 2.45) is 0 Å². The predicted octanol–water partition coefficient (Wildman–Crippen LogP) is 2.74. The van der Waals surface area contributed by atoms with E-state index in [-0.39, 0.29) is 23.6 Å². The minimum Gasteiger partial charge on any atom is -0.496 e. The molecule has 0 bridgehead atoms. The van der Waals surface area contributed by atoms with Crippen molar-refractivity contribution < 1.29 is 37.3 Å². The Morgan fingerprint density at radius 3 is 2.63 bits per heavy atom. The number of nitrogens with one attached hydrogen (secondary N) is 1. The van der Waals surface area contributed by atoms with E-state index in [1.165, 1.54) is 25.3 Å². The third kappa shape index (κ3) is 4.63. The first kappa shape index (κ1) is 18.4. The summed E-state index contributed by atoms with van der Waals surface area (Å²) < 4.78 is 44.6. The maximum Gasteiger partial charge on any atom is 0.586 e. The van der Waals surface area contributed by atoms with Crippen LogP contribution in [0.3, 0.4) is 0 Å². The maximum absolute atomic E-state index is 13.0. The molecule has 0 saturated heterocycles. The summed E-state index contributed by atoms with van der Waals surface area (Å²) in [6.45, 7) is -0.529. The van der Waals surface area contributed by atoms with Crippen molar-refractivity contribution in [1.29, 1.82) is 0 Å². The molecular formula is C18H15F2NO6. The van der Waals surface area contributed by atoms with Crippen LogP contribution >= 0.6 is 0 Å². The molecule has 1 heterocycles. The van der Waals surface area contributed by atoms with Crippen LogP contribution in [0.15, 0.2) is 42.5 Å². The Hall–Kier alpha value is -3.36. The molecule has 0 spiro atoms. The number of rotatable bonds is 6. The predicted molar refractivity (Wildman–Crippen MR) is 88.9 cm³/mol. The van der Waals surface area contributed by atoms with Gasteiger partial charge in [0.15, 0.2) is 18.1 Å². The summed E-state index contributed by atoms with van der Waals surface area (Å²) in [6, 6.07) is 10.7. The van der Waals surface area contributed by atoms with Gasteiger partial charge < -0.3 is 24.3 Å². The Labute approximate surface area is 152 Å². The number of methoxy groups -OCH3 is 1. The lowest BCUT2D eigenvalue weighted by Gasteiger charge is -2.09. The van der Waals surface area contributed by atoms with Crippen LogP contribution in [-0.4, -0.2) is 31.9 Å². The smallest absolute Gasteiger partial charge is 0.496 e. The number of halogens is 2. The van der Waals surface area contributed by atoms with Crippen LogP contribution in [0, 0.1) is 0 Å². The van der Waals surface area contributed by atoms with Gasteiger partial charge >= 0.3 is 12.3 Å². The highest BCUT2D eigenvalue weighted by atomic mass is 19.3. The summed E-state index contributed by atoms with van der Waals surface area (Å²) in [6.07, 6.45) is -3.80. The fourth-order valence-corrected chi connectivity index (χ4v) is 2.43. The van der Waals surface area contributed by atoms with Gasteiger partial charge in [-0.2, -0.15) is 0 Å². The number of benzene rings is 2. The van der Waals surface area contributed by atoms with Gasteiger partial charge in [-0.15, -0.1) is 8.78 Å². The molecule has 0 radical (unpaired) electrons. The SMILES string of the molecule is COc1ccccc1CC(=O)OCC(=O)Nc1ccc2c(c1)OC(F)(F)O2. The van der Waals surface area contributed by atoms with Gasteiger partial charge in [-0.1, -0.05) is 18.2 Å². The van der Waals surface area contributed by atoms with Crippen LogP contribution in [0.5, 0.6) is 17.2 Å². The van der Waals surface area contributed by atoms with Crippen molar-refractivity contribution in [3.63, 3.8) is 0 Å². The van der Waals surface area contributed by atoms with Crippen molar-refractivity contribution in [2.75, 3.05) is 19.0 Å². The van der Waals surface area contributed by atoms with Crippen LogP contribution in [0.2, 0.25) is 0 Å². The number of para-hydroxylation sites is 1. The Morgan fingerprint density at radius 2 is 1.85 bits per heavy atom. The molecule has 2 aromatic rings. The maximum atomic E-state index is 13.0. The van der Waals surface area contributed by atoms with Gasteiger partial charge in [0.25, 0.3) is 5.91 Å². The van der Waals surface area contributed by atoms with Crippen LogP contribution in [0.1, 0.15) is 5.56 Å². The lowest BCUT2D eigenvalue weighted by atomic mass is 10.1. The van der Waals surface area contributed by atoms with Gasteiger partial charge in [0.1, 0.15) is 5.75 Å². The zero-order valence-corrected chi connectivity index (χ0v) is 14.2. The first-order chi connectivity index (χ1) is 12.9. The van der Waals surface area contributed by atoms with E-state index in [9.17, 15) is 18.4 Å². The molecule has 2 aromatic carbocycles. The zero-order valence-electron chi connectivity index (χ0n) is 14.2. The number of carbonyl (C=O) groups excluding carboxylic acids is 2. The van der Waals surface area contributed by atoms with Crippen LogP contribution in [0.25, 0.3) is 0 Å². The molecule has 1 N–H and O–H groups in total. The number of alkyl halides is 2. The van der Waals surface area contributed by atoms with Crippen LogP contribution in [0.4, 0.5) is 14.5 Å². The molecule has 0 atom stereocenters. The highest BCUT2D eigenvalue weighted by Gasteiger charge is 2.43. The van der Waals surface area contributed by atoms with E-state index in [2.05, 4.69) is 14.8 Å². The molecule has 7 nitrogen and oxygen atoms in total. The average molecular weight is 379 g/mol. The van der Waals surface area contributed by atoms with E-state index in [0.717, 1.165) is 0 Å². The summed E-state index contributed by atoms with van der Waals surface area (Å²) in [7, 11) is 1.48. The van der Waals surface area contributed by atoms with E-state index >= 15 is 0 Å². The summed E-state index contributed by atoms with van der Waals surface area (Å²) in [5.74, 6) is -1.04. The van der Waals surface area contributed by atoms with Gasteiger partial charge in [-0.25, -0.2) is 0 Å². The topological polar surface area (TPSA) is 83.1 Å². The fourth-order valence-electron chi connectivity index (χ4n) is 2.43. The van der Waals surface area contributed by atoms with Gasteiger partial charge in [-0.3, -0.25) is 9.59 Å². The molecule has 142 valence electrons. The number of anilines is 1. The molecule has 0 fully saturated rings. The summed E-state index contributed by atoms with van der Waals surface area (Å²) in [5.41, 5.74) is 0.822. The third-order valence-electron chi connectivity index (χ3n) is 3.58. The molecular weight excluding hydrogens is 364 g/mol. The molecule has 3 rings (SSSR count). The molecule has 0 unspecified atom stereocenters. The molecule has 1 aliphatic rings. The standard InChI is InChI=1S/C18H15F2NO6/c1-24-13-5-3-2-4-11(13)8-17(23)25-10-16(22)21-12-6-7-14-15(9-12)27-18(19,20)26-14/h2-7,9H,8,10H2,1H3,(H,21,22). The molecule has 0 aromatic heterocycles. The average Bonchev–Trinajstić information content (AvgIpc) is 2.93. The Kier molecular flexibility index (Phi) is 5.11. The van der Waals surface area contributed by atoms with Crippen LogP contribution < -0.4 is 19.5 Å². The molecule has 27 heavy (non-hydrogen) atoms. The molecule has 0 saturated carbocycles. The number of amides is 1. The molecule has 1 amide bonds. The van der Waals surface area contributed by atoms with E-state index in [0.29, 0.717) is 11.3 Å². The summed E-state index contributed by atoms with van der Waals surface area (Å²) in [4.78, 5) is 23.8. The zero-order chi connectivity index (χ0) is 19.4. The largest absolute Gasteiger partial charge is 0.586 e. The number of ether oxygens (including phenoxy) is 4. The first-order valence-corrected chi connectivity index (χ1v) is 7.83. The number of hydrogen-bond acceptors (Lipinski definition) is 6. The Morgan fingerprint density at radius 1 is 1.11 bits per heavy atom. The summed E-state index contributed by atoms with van der Waals surface area (Å²) in [5, 5.41) is 2.42. The van der Waals surface area contributed by atoms with Crippen molar-refractivity contribution in [2.45, 2.75) is 12.7 Å². The van der Waals surface area contributed by atoms with Gasteiger partial charge in [0.2, 0.25) is 0 Å². The Bertz CT molecular complexity index is 871. The van der Waals surface area contributed by atoms with Crippen LogP contribution in [-0.2, 0) is 20.7 Å². The number of fused-ring (bicyclic) bond motifs is 1. The van der Waals surface area contributed by atoms with Gasteiger partial charge in [0.05, 0.1) is 13.5 Å². The Balaban J connectivity index is 1.51. The minimum absolute atomic E-state index is 0.0591. The first-order valence-electron chi connectivity index (χ1n) is 7.83. The molecule has 9 heteroatoms. The van der Waals surface area contributed by atoms with E-state index < -0.39 is 24.8 Å². The lowest BCUT2D eigenvalue weighted by Crippen LogP contribution is -2.25. The molecule has 1 aliphatic heterocycles. The lowest BCUT2D eigenvalue weighted by molar-refractivity contribution is -0.286. The monoisotopic (exact) mass is 379 g/mol. The van der Waals surface area contributed by atoms with Crippen molar-refractivity contribution >= 4 is 17.6 Å². The summed E-state index contributed by atoms with van der Waals surface area (Å²) >= 11 is 0. The van der Waals surface area contributed by atoms with Crippen molar-refractivity contribution in [3.8, 4) is 17.2 Å². The second-order valence-electron chi connectivity index (χ2n) is 5.53. The van der Waals surface area contributed by atoms with Gasteiger partial charge in [0, 0.05) is 17.3 Å². The second kappa shape index (κ2) is 7.48. The fraction of sp³-hybridized carbons (Fsp3) is 0.222. The van der Waals surface area contributed by atoms with E-state index in [1.54, 1.807) is 24.3 Å². The molecule has 0 aliphatic carbocycles. The highest BCUT2D eigenvalue weighted by Crippen LogP contribution is 2.42. The van der Waals surface area contributed by atoms with Crippen molar-refractivity contribution in [3.05, 3.63) is 48.0 Å². The van der Waals surface area contributed by atoms with Crippen molar-refractivity contribution in [1.82, 2.24) is 0 Å². The highest BCUT2D eigenvalue weighted by molar-refractivity contribution is 5.93. The quantitative estimate of drug-likeness (QED) is 0.777.